The molecule has 120 valence electrons. The Balaban J connectivity index is 1.73. The number of fused-ring (bicyclic) bond motifs is 2. The first-order chi connectivity index (χ1) is 10.0. The molecule has 3 N–H and O–H groups in total. The maximum atomic E-state index is 11.9. The molecule has 2 aliphatic rings. The van der Waals surface area contributed by atoms with Gasteiger partial charge in [-0.2, -0.15) is 0 Å². The Morgan fingerprint density at radius 1 is 1.14 bits per heavy atom. The molecule has 2 rings (SSSR count). The van der Waals surface area contributed by atoms with Gasteiger partial charge in [-0.15, -0.1) is 0 Å². The molecule has 2 amide bonds. The van der Waals surface area contributed by atoms with Gasteiger partial charge in [-0.05, 0) is 49.9 Å². The molecule has 2 saturated carbocycles. The molecule has 2 fully saturated rings. The Morgan fingerprint density at radius 3 is 2.33 bits per heavy atom. The first kappa shape index (κ1) is 16.1. The molecule has 21 heavy (non-hydrogen) atoms. The lowest BCUT2D eigenvalue weighted by Gasteiger charge is -2.27. The zero-order chi connectivity index (χ0) is 15.5. The van der Waals surface area contributed by atoms with E-state index in [1.165, 1.54) is 25.7 Å². The van der Waals surface area contributed by atoms with Crippen LogP contribution in [0.5, 0.6) is 0 Å². The number of urea groups is 1. The summed E-state index contributed by atoms with van der Waals surface area (Å²) in [5, 5.41) is 15.0. The van der Waals surface area contributed by atoms with Crippen LogP contribution < -0.4 is 10.6 Å². The van der Waals surface area contributed by atoms with E-state index in [1.54, 1.807) is 0 Å². The molecule has 0 radical (unpaired) electrons. The summed E-state index contributed by atoms with van der Waals surface area (Å²) in [4.78, 5) is 23.3. The molecule has 0 aromatic heterocycles. The second kappa shape index (κ2) is 6.67. The Bertz CT molecular complexity index is 393. The third kappa shape index (κ3) is 3.50. The molecule has 0 heterocycles. The Kier molecular flexibility index (Phi) is 5.12. The average Bonchev–Trinajstić information content (AvgIpc) is 3.09. The van der Waals surface area contributed by atoms with Crippen LogP contribution in [0.3, 0.4) is 0 Å². The Hall–Kier alpha value is -1.26. The van der Waals surface area contributed by atoms with Gasteiger partial charge in [-0.3, -0.25) is 4.79 Å². The highest BCUT2D eigenvalue weighted by molar-refractivity contribution is 5.78. The third-order valence-electron chi connectivity index (χ3n) is 5.80. The summed E-state index contributed by atoms with van der Waals surface area (Å²) in [5.41, 5.74) is -0.843. The highest BCUT2D eigenvalue weighted by atomic mass is 16.4. The van der Waals surface area contributed by atoms with Crippen LogP contribution in [0.1, 0.15) is 52.4 Å². The standard InChI is InChI=1S/C16H28N2O3/c1-3-16(4-2,14(19)20)10-18-15(21)17-9-13-8-11-5-6-12(13)7-11/h11-13H,3-10H2,1-2H3,(H,19,20)(H2,17,18,21). The fraction of sp³-hybridized carbons (Fsp3) is 0.875. The SMILES string of the molecule is CCC(CC)(CNC(=O)NCC1CC2CCC1C2)C(=O)O. The number of carbonyl (C=O) groups is 2. The van der Waals surface area contributed by atoms with Crippen LogP contribution in [0.25, 0.3) is 0 Å². The van der Waals surface area contributed by atoms with Crippen molar-refractivity contribution in [3.8, 4) is 0 Å². The van der Waals surface area contributed by atoms with Crippen molar-refractivity contribution in [3.05, 3.63) is 0 Å². The van der Waals surface area contributed by atoms with E-state index < -0.39 is 11.4 Å². The van der Waals surface area contributed by atoms with Crippen LogP contribution in [0.15, 0.2) is 0 Å². The first-order valence-electron chi connectivity index (χ1n) is 8.25. The van der Waals surface area contributed by atoms with Crippen molar-refractivity contribution in [3.63, 3.8) is 0 Å². The summed E-state index contributed by atoms with van der Waals surface area (Å²) >= 11 is 0. The van der Waals surface area contributed by atoms with E-state index in [4.69, 9.17) is 0 Å². The van der Waals surface area contributed by atoms with Gasteiger partial charge in [0.15, 0.2) is 0 Å². The van der Waals surface area contributed by atoms with Gasteiger partial charge in [0.05, 0.1) is 5.41 Å². The summed E-state index contributed by atoms with van der Waals surface area (Å²) < 4.78 is 0. The van der Waals surface area contributed by atoms with Gasteiger partial charge in [0.2, 0.25) is 0 Å². The van der Waals surface area contributed by atoms with Gasteiger partial charge in [0, 0.05) is 13.1 Å². The Morgan fingerprint density at radius 2 is 1.86 bits per heavy atom. The van der Waals surface area contributed by atoms with E-state index in [2.05, 4.69) is 10.6 Å². The lowest BCUT2D eigenvalue weighted by molar-refractivity contribution is -0.149. The van der Waals surface area contributed by atoms with Gasteiger partial charge in [0.1, 0.15) is 0 Å². The van der Waals surface area contributed by atoms with E-state index in [0.717, 1.165) is 18.4 Å². The molecule has 0 aliphatic heterocycles. The van der Waals surface area contributed by atoms with E-state index in [9.17, 15) is 14.7 Å². The van der Waals surface area contributed by atoms with Crippen molar-refractivity contribution < 1.29 is 14.7 Å². The van der Waals surface area contributed by atoms with Crippen molar-refractivity contribution in [1.82, 2.24) is 10.6 Å². The van der Waals surface area contributed by atoms with Gasteiger partial charge in [-0.1, -0.05) is 20.3 Å². The molecule has 0 spiro atoms. The van der Waals surface area contributed by atoms with Gasteiger partial charge in [0.25, 0.3) is 0 Å². The molecular formula is C16H28N2O3. The van der Waals surface area contributed by atoms with Gasteiger partial charge >= 0.3 is 12.0 Å². The molecule has 0 aromatic carbocycles. The highest BCUT2D eigenvalue weighted by Crippen LogP contribution is 2.47. The van der Waals surface area contributed by atoms with Crippen LogP contribution in [0.4, 0.5) is 4.79 Å². The topological polar surface area (TPSA) is 78.4 Å². The minimum atomic E-state index is -0.843. The van der Waals surface area contributed by atoms with E-state index >= 15 is 0 Å². The summed E-state index contributed by atoms with van der Waals surface area (Å²) in [5.74, 6) is 1.46. The molecule has 0 aromatic rings. The molecule has 3 atom stereocenters. The minimum absolute atomic E-state index is 0.192. The predicted molar refractivity (Wildman–Crippen MR) is 81.0 cm³/mol. The summed E-state index contributed by atoms with van der Waals surface area (Å²) in [6.45, 7) is 4.63. The number of hydrogen-bond donors (Lipinski definition) is 3. The zero-order valence-electron chi connectivity index (χ0n) is 13.2. The second-order valence-electron chi connectivity index (χ2n) is 6.79. The number of carboxylic acids is 1. The van der Waals surface area contributed by atoms with Crippen molar-refractivity contribution in [2.45, 2.75) is 52.4 Å². The van der Waals surface area contributed by atoms with E-state index in [0.29, 0.717) is 18.8 Å². The lowest BCUT2D eigenvalue weighted by atomic mass is 9.82. The quantitative estimate of drug-likeness (QED) is 0.675. The number of nitrogens with one attached hydrogen (secondary N) is 2. The van der Waals surface area contributed by atoms with Crippen LogP contribution in [-0.2, 0) is 4.79 Å². The summed E-state index contributed by atoms with van der Waals surface area (Å²) in [7, 11) is 0. The number of carboxylic acid groups (broad SMARTS) is 1. The number of aliphatic carboxylic acids is 1. The number of carbonyl (C=O) groups excluding carboxylic acids is 1. The lowest BCUT2D eigenvalue weighted by Crippen LogP contribution is -2.46. The molecular weight excluding hydrogens is 268 g/mol. The molecule has 2 aliphatic carbocycles. The fourth-order valence-corrected chi connectivity index (χ4v) is 4.04. The number of hydrogen-bond acceptors (Lipinski definition) is 2. The molecule has 3 unspecified atom stereocenters. The molecule has 2 bridgehead atoms. The summed E-state index contributed by atoms with van der Waals surface area (Å²) in [6.07, 6.45) is 6.29. The van der Waals surface area contributed by atoms with Crippen LogP contribution >= 0.6 is 0 Å². The normalized spacial score (nSPS) is 27.6. The largest absolute Gasteiger partial charge is 0.481 e. The maximum Gasteiger partial charge on any atom is 0.314 e. The minimum Gasteiger partial charge on any atom is -0.481 e. The van der Waals surface area contributed by atoms with Crippen LogP contribution in [0, 0.1) is 23.2 Å². The third-order valence-corrected chi connectivity index (χ3v) is 5.80. The van der Waals surface area contributed by atoms with Crippen LogP contribution in [-0.4, -0.2) is 30.2 Å². The summed E-state index contributed by atoms with van der Waals surface area (Å²) in [6, 6.07) is -0.231. The monoisotopic (exact) mass is 296 g/mol. The Labute approximate surface area is 126 Å². The second-order valence-corrected chi connectivity index (χ2v) is 6.79. The van der Waals surface area contributed by atoms with E-state index in [-0.39, 0.29) is 12.6 Å². The predicted octanol–water partition coefficient (Wildman–Crippen LogP) is 2.61. The van der Waals surface area contributed by atoms with E-state index in [1.807, 2.05) is 13.8 Å². The van der Waals surface area contributed by atoms with Crippen molar-refractivity contribution in [2.75, 3.05) is 13.1 Å². The number of amides is 2. The molecule has 0 saturated heterocycles. The molecule has 5 nitrogen and oxygen atoms in total. The van der Waals surface area contributed by atoms with Crippen LogP contribution in [0.2, 0.25) is 0 Å². The zero-order valence-corrected chi connectivity index (χ0v) is 13.2. The molecule has 5 heteroatoms. The highest BCUT2D eigenvalue weighted by Gasteiger charge is 2.39. The van der Waals surface area contributed by atoms with Crippen molar-refractivity contribution in [2.24, 2.45) is 23.2 Å². The van der Waals surface area contributed by atoms with Gasteiger partial charge in [-0.25, -0.2) is 4.79 Å². The smallest absolute Gasteiger partial charge is 0.314 e. The maximum absolute atomic E-state index is 11.9. The van der Waals surface area contributed by atoms with Crippen molar-refractivity contribution >= 4 is 12.0 Å². The fourth-order valence-electron chi connectivity index (χ4n) is 4.04. The van der Waals surface area contributed by atoms with Crippen molar-refractivity contribution in [1.29, 1.82) is 0 Å². The van der Waals surface area contributed by atoms with Gasteiger partial charge < -0.3 is 15.7 Å². The average molecular weight is 296 g/mol. The first-order valence-corrected chi connectivity index (χ1v) is 8.25. The number of rotatable bonds is 7.